The molecule has 0 fully saturated rings. The summed E-state index contributed by atoms with van der Waals surface area (Å²) in [5.41, 5.74) is 7.91. The molecule has 1 rings (SSSR count). The van der Waals surface area contributed by atoms with Gasteiger partial charge in [0.15, 0.2) is 0 Å². The summed E-state index contributed by atoms with van der Waals surface area (Å²) >= 11 is -0.0180. The van der Waals surface area contributed by atoms with E-state index in [4.69, 9.17) is 5.73 Å². The summed E-state index contributed by atoms with van der Waals surface area (Å²) in [7, 11) is 0. The van der Waals surface area contributed by atoms with Crippen molar-refractivity contribution < 1.29 is 26.0 Å². The van der Waals surface area contributed by atoms with Gasteiger partial charge in [0.25, 0.3) is 0 Å². The summed E-state index contributed by atoms with van der Waals surface area (Å²) in [5, 5.41) is 2.90. The van der Waals surface area contributed by atoms with Crippen molar-refractivity contribution in [2.24, 2.45) is 22.5 Å². The second-order valence-corrected chi connectivity index (χ2v) is 14.2. The molecular weight excluding hydrogens is 459 g/mol. The van der Waals surface area contributed by atoms with Crippen LogP contribution in [0.4, 0.5) is 4.79 Å². The third-order valence-electron chi connectivity index (χ3n) is 5.55. The van der Waals surface area contributed by atoms with Gasteiger partial charge in [-0.1, -0.05) is 0 Å². The van der Waals surface area contributed by atoms with E-state index in [-0.39, 0.29) is 41.0 Å². The molecule has 162 valence electrons. The molecule has 1 unspecified atom stereocenters. The van der Waals surface area contributed by atoms with Crippen molar-refractivity contribution in [1.82, 2.24) is 5.32 Å². The molecule has 2 amide bonds. The van der Waals surface area contributed by atoms with E-state index in [1.54, 1.807) is 0 Å². The number of nitrogens with one attached hydrogen (secondary N) is 1. The predicted molar refractivity (Wildman–Crippen MR) is 118 cm³/mol. The quantitative estimate of drug-likeness (QED) is 0.390. The first-order valence-electron chi connectivity index (χ1n) is 10.2. The number of nitrogens with two attached hydrogens (primary N) is 1. The van der Waals surface area contributed by atoms with E-state index >= 15 is 0 Å². The normalized spacial score (nSPS) is 21.4. The maximum absolute atomic E-state index is 11.4. The van der Waals surface area contributed by atoms with Gasteiger partial charge in [-0.15, -0.1) is 0 Å². The average molecular weight is 502 g/mol. The molecule has 3 N–H and O–H groups in total. The number of rotatable bonds is 8. The number of amides is 2. The van der Waals surface area contributed by atoms with E-state index in [9.17, 15) is 4.79 Å². The van der Waals surface area contributed by atoms with Gasteiger partial charge in [0, 0.05) is 0 Å². The first kappa shape index (κ1) is 25.3. The molecule has 0 aromatic carbocycles. The zero-order chi connectivity index (χ0) is 22.0. The molecule has 4 heteroatoms. The van der Waals surface area contributed by atoms with Gasteiger partial charge in [0.1, 0.15) is 0 Å². The Morgan fingerprint density at radius 3 is 1.93 bits per heavy atom. The minimum atomic E-state index is -0.463. The minimum absolute atomic E-state index is 0.0180. The van der Waals surface area contributed by atoms with Crippen LogP contribution in [-0.4, -0.2) is 19.9 Å². The van der Waals surface area contributed by atoms with Gasteiger partial charge in [-0.3, -0.25) is 0 Å². The SMILES string of the molecule is C[I-]C1(C)C=C(C(C)(C)CC(C)C)C=CC(C(C)(C)CC(C)(C)NC(N)=O)=C1. The maximum atomic E-state index is 11.4. The summed E-state index contributed by atoms with van der Waals surface area (Å²) < 4.78 is 0.125. The zero-order valence-electron chi connectivity index (χ0n) is 19.7. The molecule has 3 nitrogen and oxygen atoms in total. The fourth-order valence-corrected chi connectivity index (χ4v) is 5.89. The molecule has 0 aliphatic heterocycles. The van der Waals surface area contributed by atoms with Crippen molar-refractivity contribution in [3.63, 3.8) is 0 Å². The molecule has 0 saturated carbocycles. The van der Waals surface area contributed by atoms with Crippen molar-refractivity contribution in [3.05, 3.63) is 35.5 Å². The molecule has 0 radical (unpaired) electrons. The standard InChI is InChI=1S/C24H42IN2O/c1-17(2)13-21(3,4)18-11-12-19(15-24(9,14-18)25-10)22(5,6)16-23(7,8)27-20(26)28/h11-12,14-15,17H,13,16H2,1-10H3,(H3,26,27,28)/q-1. The van der Waals surface area contributed by atoms with Crippen molar-refractivity contribution in [2.75, 3.05) is 4.93 Å². The van der Waals surface area contributed by atoms with Crippen LogP contribution >= 0.6 is 0 Å². The number of carbonyl (C=O) groups excluding carboxylic acids is 1. The number of urea groups is 1. The Bertz CT molecular complexity index is 668. The van der Waals surface area contributed by atoms with Crippen molar-refractivity contribution >= 4 is 6.03 Å². The molecule has 0 spiro atoms. The number of hydrogen-bond donors (Lipinski definition) is 2. The van der Waals surface area contributed by atoms with E-state index in [1.807, 2.05) is 13.8 Å². The number of primary amides is 1. The Kier molecular flexibility index (Phi) is 8.05. The summed E-state index contributed by atoms with van der Waals surface area (Å²) in [6.07, 6.45) is 11.7. The molecule has 0 saturated heterocycles. The van der Waals surface area contributed by atoms with Crippen molar-refractivity contribution in [1.29, 1.82) is 0 Å². The van der Waals surface area contributed by atoms with E-state index < -0.39 is 6.03 Å². The van der Waals surface area contributed by atoms with E-state index in [0.717, 1.165) is 6.42 Å². The van der Waals surface area contributed by atoms with Crippen LogP contribution in [0.3, 0.4) is 0 Å². The van der Waals surface area contributed by atoms with Gasteiger partial charge in [-0.25, -0.2) is 0 Å². The molecule has 0 bridgehead atoms. The molecule has 0 aromatic heterocycles. The molecule has 28 heavy (non-hydrogen) atoms. The zero-order valence-corrected chi connectivity index (χ0v) is 21.8. The molecule has 1 aliphatic rings. The first-order chi connectivity index (χ1) is 12.5. The third-order valence-corrected chi connectivity index (χ3v) is 8.50. The van der Waals surface area contributed by atoms with Crippen LogP contribution in [0.25, 0.3) is 0 Å². The average Bonchev–Trinajstić information content (AvgIpc) is 2.64. The van der Waals surface area contributed by atoms with Crippen LogP contribution in [-0.2, 0) is 0 Å². The Labute approximate surface area is 183 Å². The van der Waals surface area contributed by atoms with E-state index in [1.165, 1.54) is 17.6 Å². The van der Waals surface area contributed by atoms with E-state index in [2.05, 4.69) is 83.0 Å². The second-order valence-electron chi connectivity index (χ2n) is 10.8. The van der Waals surface area contributed by atoms with E-state index in [0.29, 0.717) is 5.92 Å². The third kappa shape index (κ3) is 7.23. The van der Waals surface area contributed by atoms with Crippen LogP contribution in [0, 0.1) is 16.7 Å². The van der Waals surface area contributed by atoms with Crippen LogP contribution < -0.4 is 32.3 Å². The van der Waals surface area contributed by atoms with Gasteiger partial charge in [0.2, 0.25) is 0 Å². The fourth-order valence-electron chi connectivity index (χ4n) is 4.60. The van der Waals surface area contributed by atoms with Crippen molar-refractivity contribution in [3.8, 4) is 0 Å². The number of carbonyl (C=O) groups is 1. The number of alkyl halides is 2. The first-order valence-corrected chi connectivity index (χ1v) is 13.5. The summed E-state index contributed by atoms with van der Waals surface area (Å²) in [5.74, 6) is 0.666. The van der Waals surface area contributed by atoms with Gasteiger partial charge < -0.3 is 0 Å². The number of allylic oxidation sites excluding steroid dienone is 6. The van der Waals surface area contributed by atoms with Crippen molar-refractivity contribution in [2.45, 2.75) is 84.1 Å². The van der Waals surface area contributed by atoms with Crippen LogP contribution in [0.1, 0.15) is 75.2 Å². The Hall–Kier alpha value is -0.780. The second kappa shape index (κ2) is 8.93. The van der Waals surface area contributed by atoms with Gasteiger partial charge in [0.05, 0.1) is 0 Å². The molecule has 0 heterocycles. The van der Waals surface area contributed by atoms with Gasteiger partial charge >= 0.3 is 184 Å². The fraction of sp³-hybridized carbons (Fsp3) is 0.708. The Morgan fingerprint density at radius 1 is 1.07 bits per heavy atom. The molecular formula is C24H42IN2O-. The predicted octanol–water partition coefficient (Wildman–Crippen LogP) is 2.82. The Morgan fingerprint density at radius 2 is 1.54 bits per heavy atom. The summed E-state index contributed by atoms with van der Waals surface area (Å²) in [4.78, 5) is 13.8. The summed E-state index contributed by atoms with van der Waals surface area (Å²) in [6.45, 7) is 20.3. The molecule has 0 aromatic rings. The van der Waals surface area contributed by atoms with Gasteiger partial charge in [-0.2, -0.15) is 0 Å². The van der Waals surface area contributed by atoms with Crippen LogP contribution in [0.15, 0.2) is 35.5 Å². The topological polar surface area (TPSA) is 55.1 Å². The van der Waals surface area contributed by atoms with Crippen LogP contribution in [0.2, 0.25) is 0 Å². The summed E-state index contributed by atoms with van der Waals surface area (Å²) in [6, 6.07) is -0.463. The number of hydrogen-bond acceptors (Lipinski definition) is 1. The molecule has 1 aliphatic carbocycles. The number of halogens is 1. The molecule has 1 atom stereocenters. The van der Waals surface area contributed by atoms with Crippen LogP contribution in [0.5, 0.6) is 0 Å². The van der Waals surface area contributed by atoms with Gasteiger partial charge in [-0.05, 0) is 0 Å². The monoisotopic (exact) mass is 501 g/mol. The Balaban J connectivity index is 3.29.